The van der Waals surface area contributed by atoms with Gasteiger partial charge in [-0.1, -0.05) is 11.6 Å². The Morgan fingerprint density at radius 1 is 0.842 bits per heavy atom. The van der Waals surface area contributed by atoms with Gasteiger partial charge in [-0.25, -0.2) is 25.6 Å². The molecule has 2 aliphatic rings. The molecule has 2 aromatic rings. The number of hydrogen-bond donors (Lipinski definition) is 2. The van der Waals surface area contributed by atoms with E-state index >= 15 is 0 Å². The summed E-state index contributed by atoms with van der Waals surface area (Å²) in [6, 6.07) is 10.0. The van der Waals surface area contributed by atoms with Gasteiger partial charge in [-0.05, 0) is 80.6 Å². The molecule has 0 aliphatic carbocycles. The summed E-state index contributed by atoms with van der Waals surface area (Å²) in [6.07, 6.45) is 4.16. The van der Waals surface area contributed by atoms with Crippen LogP contribution in [-0.4, -0.2) is 61.7 Å². The largest absolute Gasteiger partial charge is 0.409 e. The zero-order valence-electron chi connectivity index (χ0n) is 20.4. The van der Waals surface area contributed by atoms with Crippen molar-refractivity contribution < 1.29 is 30.8 Å². The van der Waals surface area contributed by atoms with E-state index in [4.69, 9.17) is 16.2 Å². The molecular formula is C24H29F2N5O5S2. The molecule has 3 N–H and O–H groups in total. The van der Waals surface area contributed by atoms with Crippen LogP contribution in [0.3, 0.4) is 0 Å². The molecule has 0 saturated carbocycles. The van der Waals surface area contributed by atoms with Crippen LogP contribution in [0.5, 0.6) is 0 Å². The van der Waals surface area contributed by atoms with E-state index in [1.807, 2.05) is 6.07 Å². The molecule has 206 valence electrons. The van der Waals surface area contributed by atoms with Gasteiger partial charge < -0.3 is 10.9 Å². The van der Waals surface area contributed by atoms with Crippen molar-refractivity contribution >= 4 is 25.9 Å². The third-order valence-corrected chi connectivity index (χ3v) is 10.2. The molecule has 4 rings (SSSR count). The summed E-state index contributed by atoms with van der Waals surface area (Å²) in [5, 5.41) is 20.7. The summed E-state index contributed by atoms with van der Waals surface area (Å²) < 4.78 is 77.8. The van der Waals surface area contributed by atoms with Crippen LogP contribution in [0.1, 0.15) is 38.5 Å². The quantitative estimate of drug-likeness (QED) is 0.242. The molecule has 10 nitrogen and oxygen atoms in total. The third-order valence-electron chi connectivity index (χ3n) is 6.35. The minimum Gasteiger partial charge on any atom is -0.409 e. The molecule has 2 aromatic carbocycles. The Hall–Kier alpha value is -3.12. The highest BCUT2D eigenvalue weighted by atomic mass is 32.2. The van der Waals surface area contributed by atoms with E-state index in [9.17, 15) is 25.6 Å². The maximum absolute atomic E-state index is 12.9. The van der Waals surface area contributed by atoms with Gasteiger partial charge in [0.05, 0.1) is 21.9 Å². The van der Waals surface area contributed by atoms with E-state index in [2.05, 4.69) is 5.16 Å². The first-order chi connectivity index (χ1) is 18.0. The first kappa shape index (κ1) is 29.4. The van der Waals surface area contributed by atoms with Gasteiger partial charge in [0.1, 0.15) is 17.7 Å². The fourth-order valence-corrected chi connectivity index (χ4v) is 7.64. The SMILES string of the molecule is N#C[C@@H]1CCCCN1S(=O)(=O)c1ccc(F)cc1.N/C(=N\O)[C@@H]1CCCCN1S(=O)(=O)c1ccc(F)cc1. The summed E-state index contributed by atoms with van der Waals surface area (Å²) in [4.78, 5) is 0.0302. The van der Waals surface area contributed by atoms with E-state index in [1.54, 1.807) is 0 Å². The maximum atomic E-state index is 12.9. The molecule has 2 fully saturated rings. The van der Waals surface area contributed by atoms with Gasteiger partial charge in [0, 0.05) is 13.1 Å². The second-order valence-electron chi connectivity index (χ2n) is 8.82. The fourth-order valence-electron chi connectivity index (χ4n) is 4.36. The van der Waals surface area contributed by atoms with E-state index in [0.29, 0.717) is 32.4 Å². The van der Waals surface area contributed by atoms with Crippen molar-refractivity contribution in [1.29, 1.82) is 5.26 Å². The van der Waals surface area contributed by atoms with E-state index in [0.717, 1.165) is 43.5 Å². The number of nitriles is 1. The summed E-state index contributed by atoms with van der Waals surface area (Å²) in [6.45, 7) is 0.637. The molecule has 0 bridgehead atoms. The molecule has 14 heteroatoms. The average Bonchev–Trinajstić information content (AvgIpc) is 2.93. The van der Waals surface area contributed by atoms with Crippen LogP contribution >= 0.6 is 0 Å². The standard InChI is InChI=1S/C12H16FN3O3S.C12H13FN2O2S/c13-9-4-6-10(7-5-9)20(18,19)16-8-2-1-3-11(16)12(14)15-17;13-10-4-6-12(7-5-10)18(16,17)15-8-2-1-3-11(15)9-14/h4-7,11,17H,1-3,8H2,(H2,14,15);4-7,11H,1-3,8H2/t2*11-/m00/s1. The van der Waals surface area contributed by atoms with Crippen LogP contribution in [0.4, 0.5) is 8.78 Å². The molecule has 0 aromatic heterocycles. The number of hydrogen-bond acceptors (Lipinski definition) is 7. The Morgan fingerprint density at radius 2 is 1.29 bits per heavy atom. The number of amidine groups is 1. The average molecular weight is 570 g/mol. The van der Waals surface area contributed by atoms with Crippen LogP contribution in [0.2, 0.25) is 0 Å². The lowest BCUT2D eigenvalue weighted by Crippen LogP contribution is -2.50. The van der Waals surface area contributed by atoms with Gasteiger partial charge in [-0.2, -0.15) is 13.9 Å². The summed E-state index contributed by atoms with van der Waals surface area (Å²) in [7, 11) is -7.48. The molecular weight excluding hydrogens is 540 g/mol. The molecule has 2 atom stereocenters. The lowest BCUT2D eigenvalue weighted by molar-refractivity contribution is 0.281. The highest BCUT2D eigenvalue weighted by molar-refractivity contribution is 7.89. The molecule has 2 aliphatic heterocycles. The topological polar surface area (TPSA) is 157 Å². The van der Waals surface area contributed by atoms with Crippen LogP contribution in [-0.2, 0) is 20.0 Å². The maximum Gasteiger partial charge on any atom is 0.244 e. The van der Waals surface area contributed by atoms with Crippen LogP contribution in [0.25, 0.3) is 0 Å². The van der Waals surface area contributed by atoms with Gasteiger partial charge >= 0.3 is 0 Å². The highest BCUT2D eigenvalue weighted by Crippen LogP contribution is 2.26. The predicted octanol–water partition coefficient (Wildman–Crippen LogP) is 3.01. The molecule has 0 unspecified atom stereocenters. The van der Waals surface area contributed by atoms with Gasteiger partial charge in [-0.3, -0.25) is 0 Å². The zero-order valence-corrected chi connectivity index (χ0v) is 22.1. The Morgan fingerprint density at radius 3 is 1.76 bits per heavy atom. The fraction of sp³-hybridized carbons (Fsp3) is 0.417. The minimum atomic E-state index is -3.79. The number of piperidine rings is 2. The number of nitrogens with zero attached hydrogens (tertiary/aromatic N) is 4. The first-order valence-electron chi connectivity index (χ1n) is 11.9. The predicted molar refractivity (Wildman–Crippen MR) is 135 cm³/mol. The van der Waals surface area contributed by atoms with Gasteiger partial charge in [0.25, 0.3) is 0 Å². The van der Waals surface area contributed by atoms with Gasteiger partial charge in [0.2, 0.25) is 20.0 Å². The van der Waals surface area contributed by atoms with E-state index in [1.165, 1.54) is 32.9 Å². The van der Waals surface area contributed by atoms with E-state index < -0.39 is 43.8 Å². The smallest absolute Gasteiger partial charge is 0.244 e. The monoisotopic (exact) mass is 569 g/mol. The normalized spacial score (nSPS) is 21.7. The number of oxime groups is 1. The number of rotatable bonds is 5. The number of halogens is 2. The number of sulfonamides is 2. The Kier molecular flexibility index (Phi) is 9.77. The highest BCUT2D eigenvalue weighted by Gasteiger charge is 2.36. The van der Waals surface area contributed by atoms with Crippen LogP contribution in [0, 0.1) is 23.0 Å². The number of nitrogens with two attached hydrogens (primary N) is 1. The number of benzene rings is 2. The first-order valence-corrected chi connectivity index (χ1v) is 14.8. The lowest BCUT2D eigenvalue weighted by Gasteiger charge is -2.33. The van der Waals surface area contributed by atoms with Gasteiger partial charge in [0.15, 0.2) is 5.84 Å². The molecule has 38 heavy (non-hydrogen) atoms. The lowest BCUT2D eigenvalue weighted by atomic mass is 10.0. The minimum absolute atomic E-state index is 0.00320. The molecule has 0 radical (unpaired) electrons. The van der Waals surface area contributed by atoms with Crippen molar-refractivity contribution in [3.05, 3.63) is 60.2 Å². The Bertz CT molecular complexity index is 1380. The second-order valence-corrected chi connectivity index (χ2v) is 12.6. The molecule has 2 saturated heterocycles. The summed E-state index contributed by atoms with van der Waals surface area (Å²) in [5.74, 6) is -1.12. The molecule has 2 heterocycles. The van der Waals surface area contributed by atoms with E-state index in [-0.39, 0.29) is 15.6 Å². The van der Waals surface area contributed by atoms with Crippen LogP contribution < -0.4 is 5.73 Å². The molecule has 0 spiro atoms. The Labute approximate surface area is 221 Å². The third kappa shape index (κ3) is 6.65. The van der Waals surface area contributed by atoms with Crippen molar-refractivity contribution in [3.8, 4) is 6.07 Å². The van der Waals surface area contributed by atoms with Crippen molar-refractivity contribution in [1.82, 2.24) is 8.61 Å². The van der Waals surface area contributed by atoms with Crippen molar-refractivity contribution in [2.24, 2.45) is 10.9 Å². The van der Waals surface area contributed by atoms with Crippen molar-refractivity contribution in [2.75, 3.05) is 13.1 Å². The summed E-state index contributed by atoms with van der Waals surface area (Å²) >= 11 is 0. The Balaban J connectivity index is 0.000000212. The summed E-state index contributed by atoms with van der Waals surface area (Å²) in [5.41, 5.74) is 5.57. The van der Waals surface area contributed by atoms with Crippen molar-refractivity contribution in [3.63, 3.8) is 0 Å². The van der Waals surface area contributed by atoms with Crippen LogP contribution in [0.15, 0.2) is 63.5 Å². The zero-order chi connectivity index (χ0) is 27.9. The molecule has 0 amide bonds. The van der Waals surface area contributed by atoms with Crippen molar-refractivity contribution in [2.45, 2.75) is 60.4 Å². The van der Waals surface area contributed by atoms with Gasteiger partial charge in [-0.15, -0.1) is 0 Å². The second kappa shape index (κ2) is 12.6.